The number of furan rings is 1. The second kappa shape index (κ2) is 6.05. The van der Waals surface area contributed by atoms with Crippen molar-refractivity contribution in [3.05, 3.63) is 103 Å². The van der Waals surface area contributed by atoms with Crippen LogP contribution in [0.3, 0.4) is 0 Å². The van der Waals surface area contributed by atoms with E-state index in [2.05, 4.69) is 101 Å². The molecule has 3 heterocycles. The van der Waals surface area contributed by atoms with Crippen molar-refractivity contribution in [1.82, 2.24) is 9.55 Å². The first-order valence-electron chi connectivity index (χ1n) is 11.2. The predicted octanol–water partition coefficient (Wildman–Crippen LogP) is 8.32. The molecule has 0 radical (unpaired) electrons. The third-order valence-electron chi connectivity index (χ3n) is 6.93. The normalized spacial score (nSPS) is 12.2. The van der Waals surface area contributed by atoms with Gasteiger partial charge in [-0.1, -0.05) is 54.6 Å². The molecule has 8 aromatic rings. The molecule has 0 saturated heterocycles. The lowest BCUT2D eigenvalue weighted by Crippen LogP contribution is -1.92. The molecule has 0 aliphatic heterocycles. The Morgan fingerprint density at radius 3 is 2.21 bits per heavy atom. The van der Waals surface area contributed by atoms with E-state index in [9.17, 15) is 0 Å². The van der Waals surface area contributed by atoms with Gasteiger partial charge in [-0.2, -0.15) is 0 Å². The highest BCUT2D eigenvalue weighted by Gasteiger charge is 2.19. The zero-order chi connectivity index (χ0) is 21.5. The molecule has 154 valence electrons. The van der Waals surface area contributed by atoms with Gasteiger partial charge in [0.1, 0.15) is 11.2 Å². The van der Waals surface area contributed by atoms with Gasteiger partial charge in [-0.3, -0.25) is 0 Å². The number of H-pyrrole nitrogens is 1. The summed E-state index contributed by atoms with van der Waals surface area (Å²) in [5, 5.41) is 7.15. The van der Waals surface area contributed by atoms with Crippen LogP contribution in [0.1, 0.15) is 0 Å². The van der Waals surface area contributed by atoms with E-state index >= 15 is 0 Å². The highest BCUT2D eigenvalue weighted by atomic mass is 16.3. The fourth-order valence-electron chi connectivity index (χ4n) is 5.55. The van der Waals surface area contributed by atoms with Crippen LogP contribution < -0.4 is 0 Å². The first-order valence-corrected chi connectivity index (χ1v) is 11.2. The number of aromatic amines is 1. The highest BCUT2D eigenvalue weighted by Crippen LogP contribution is 2.42. The topological polar surface area (TPSA) is 33.9 Å². The Morgan fingerprint density at radius 2 is 1.30 bits per heavy atom. The van der Waals surface area contributed by atoms with Gasteiger partial charge >= 0.3 is 0 Å². The van der Waals surface area contributed by atoms with E-state index in [1.165, 1.54) is 32.9 Å². The Morgan fingerprint density at radius 1 is 0.545 bits per heavy atom. The number of hydrogen-bond acceptors (Lipinski definition) is 1. The zero-order valence-corrected chi connectivity index (χ0v) is 17.7. The maximum atomic E-state index is 6.38. The average molecular weight is 422 g/mol. The summed E-state index contributed by atoms with van der Waals surface area (Å²) in [6, 6.07) is 36.3. The molecule has 0 spiro atoms. The smallest absolute Gasteiger partial charge is 0.145 e. The Bertz CT molecular complexity index is 2020. The van der Waals surface area contributed by atoms with Crippen molar-refractivity contribution in [2.75, 3.05) is 0 Å². The van der Waals surface area contributed by atoms with Crippen LogP contribution in [0.4, 0.5) is 0 Å². The molecule has 8 rings (SSSR count). The van der Waals surface area contributed by atoms with E-state index in [4.69, 9.17) is 4.42 Å². The highest BCUT2D eigenvalue weighted by molar-refractivity contribution is 6.29. The molecule has 3 aromatic heterocycles. The lowest BCUT2D eigenvalue weighted by Gasteiger charge is -2.07. The first kappa shape index (κ1) is 17.1. The first-order chi connectivity index (χ1) is 16.4. The Labute approximate surface area is 188 Å². The van der Waals surface area contributed by atoms with Gasteiger partial charge in [0, 0.05) is 32.6 Å². The van der Waals surface area contributed by atoms with E-state index in [1.54, 1.807) is 0 Å². The average Bonchev–Trinajstić information content (AvgIpc) is 3.53. The minimum Gasteiger partial charge on any atom is -0.455 e. The van der Waals surface area contributed by atoms with E-state index < -0.39 is 0 Å². The number of nitrogens with one attached hydrogen (secondary N) is 1. The van der Waals surface area contributed by atoms with Crippen LogP contribution in [0.2, 0.25) is 0 Å². The molecule has 3 heteroatoms. The van der Waals surface area contributed by atoms with Crippen molar-refractivity contribution in [2.45, 2.75) is 0 Å². The summed E-state index contributed by atoms with van der Waals surface area (Å²) >= 11 is 0. The van der Waals surface area contributed by atoms with Crippen LogP contribution in [0.5, 0.6) is 0 Å². The van der Waals surface area contributed by atoms with Crippen molar-refractivity contribution >= 4 is 65.6 Å². The van der Waals surface area contributed by atoms with E-state index in [1.807, 2.05) is 12.1 Å². The van der Waals surface area contributed by atoms with Gasteiger partial charge in [-0.25, -0.2) is 0 Å². The second-order valence-electron chi connectivity index (χ2n) is 8.66. The molecule has 5 aromatic carbocycles. The van der Waals surface area contributed by atoms with Gasteiger partial charge in [-0.05, 0) is 48.5 Å². The summed E-state index contributed by atoms with van der Waals surface area (Å²) in [4.78, 5) is 3.74. The summed E-state index contributed by atoms with van der Waals surface area (Å²) in [6.45, 7) is 0. The van der Waals surface area contributed by atoms with Crippen molar-refractivity contribution in [1.29, 1.82) is 0 Å². The molecule has 0 aliphatic carbocycles. The van der Waals surface area contributed by atoms with Gasteiger partial charge in [0.05, 0.1) is 27.5 Å². The van der Waals surface area contributed by atoms with Crippen LogP contribution in [-0.2, 0) is 0 Å². The number of para-hydroxylation sites is 3. The quantitative estimate of drug-likeness (QED) is 0.283. The fourth-order valence-corrected chi connectivity index (χ4v) is 5.55. The molecule has 0 atom stereocenters. The van der Waals surface area contributed by atoms with E-state index in [0.717, 1.165) is 38.4 Å². The minimum atomic E-state index is 0.927. The minimum absolute atomic E-state index is 0.927. The summed E-state index contributed by atoms with van der Waals surface area (Å²) in [7, 11) is 0. The maximum absolute atomic E-state index is 6.38. The zero-order valence-electron chi connectivity index (χ0n) is 17.7. The van der Waals surface area contributed by atoms with E-state index in [-0.39, 0.29) is 0 Å². The van der Waals surface area contributed by atoms with Crippen LogP contribution in [-0.4, -0.2) is 9.55 Å². The number of benzene rings is 5. The monoisotopic (exact) mass is 422 g/mol. The third kappa shape index (κ3) is 2.14. The van der Waals surface area contributed by atoms with Gasteiger partial charge in [0.2, 0.25) is 0 Å². The van der Waals surface area contributed by atoms with Crippen molar-refractivity contribution in [3.63, 3.8) is 0 Å². The Balaban J connectivity index is 1.59. The second-order valence-corrected chi connectivity index (χ2v) is 8.66. The van der Waals surface area contributed by atoms with Crippen LogP contribution in [0.15, 0.2) is 108 Å². The summed E-state index contributed by atoms with van der Waals surface area (Å²) < 4.78 is 8.73. The van der Waals surface area contributed by atoms with Crippen molar-refractivity contribution in [3.8, 4) is 5.69 Å². The maximum Gasteiger partial charge on any atom is 0.145 e. The Kier molecular flexibility index (Phi) is 3.14. The molecule has 1 N–H and O–H groups in total. The molecule has 0 bridgehead atoms. The summed E-state index contributed by atoms with van der Waals surface area (Å²) in [6.07, 6.45) is 0. The molecule has 3 nitrogen and oxygen atoms in total. The van der Waals surface area contributed by atoms with Crippen LogP contribution >= 0.6 is 0 Å². The fraction of sp³-hybridized carbons (Fsp3) is 0. The number of aromatic nitrogens is 2. The lowest BCUT2D eigenvalue weighted by molar-refractivity contribution is 0.673. The Hall–Kier alpha value is -4.50. The van der Waals surface area contributed by atoms with Crippen LogP contribution in [0, 0.1) is 0 Å². The molecule has 0 fully saturated rings. The number of fused-ring (bicyclic) bond motifs is 11. The van der Waals surface area contributed by atoms with Crippen LogP contribution in [0.25, 0.3) is 71.2 Å². The van der Waals surface area contributed by atoms with E-state index in [0.29, 0.717) is 0 Å². The molecule has 0 saturated carbocycles. The molecular formula is C30H18N2O. The van der Waals surface area contributed by atoms with Gasteiger partial charge < -0.3 is 14.0 Å². The standard InChI is InChI=1S/C30H18N2O/c1-2-8-18(9-3-1)32-24-12-6-4-11-21(24)28-25(32)17-15-22-27-23(31-29(22)28)16-14-20-19-10-5-7-13-26(19)33-30(20)27/h1-17,31H. The lowest BCUT2D eigenvalue weighted by atomic mass is 10.1. The summed E-state index contributed by atoms with van der Waals surface area (Å²) in [5.74, 6) is 0. The van der Waals surface area contributed by atoms with Crippen molar-refractivity contribution < 1.29 is 4.42 Å². The van der Waals surface area contributed by atoms with Gasteiger partial charge in [0.15, 0.2) is 0 Å². The SMILES string of the molecule is c1ccc(-n2c3ccccc3c3c4[nH]c5ccc6c7ccccc7oc6c5c4ccc32)cc1. The summed E-state index contributed by atoms with van der Waals surface area (Å²) in [5.41, 5.74) is 7.70. The predicted molar refractivity (Wildman–Crippen MR) is 137 cm³/mol. The molecule has 0 aliphatic rings. The molecule has 33 heavy (non-hydrogen) atoms. The molecule has 0 unspecified atom stereocenters. The number of rotatable bonds is 1. The molecule has 0 amide bonds. The number of nitrogens with zero attached hydrogens (tertiary/aromatic N) is 1. The van der Waals surface area contributed by atoms with Gasteiger partial charge in [0.25, 0.3) is 0 Å². The molecular weight excluding hydrogens is 404 g/mol. The third-order valence-corrected chi connectivity index (χ3v) is 6.93. The van der Waals surface area contributed by atoms with Crippen molar-refractivity contribution in [2.24, 2.45) is 0 Å². The largest absolute Gasteiger partial charge is 0.455 e. The number of hydrogen-bond donors (Lipinski definition) is 1. The van der Waals surface area contributed by atoms with Gasteiger partial charge in [-0.15, -0.1) is 0 Å².